The zero-order chi connectivity index (χ0) is 10.7. The summed E-state index contributed by atoms with van der Waals surface area (Å²) >= 11 is 1.54. The van der Waals surface area contributed by atoms with Crippen LogP contribution in [-0.2, 0) is 4.79 Å². The van der Waals surface area contributed by atoms with E-state index in [9.17, 15) is 4.79 Å². The Bertz CT molecular complexity index is 184. The van der Waals surface area contributed by atoms with Gasteiger partial charge in [0.05, 0.1) is 0 Å². The van der Waals surface area contributed by atoms with Crippen molar-refractivity contribution in [1.29, 1.82) is 0 Å². The van der Waals surface area contributed by atoms with Crippen LogP contribution in [0.2, 0.25) is 0 Å². The van der Waals surface area contributed by atoms with Crippen LogP contribution in [0.4, 0.5) is 0 Å². The van der Waals surface area contributed by atoms with Crippen molar-refractivity contribution in [2.45, 2.75) is 57.0 Å². The lowest BCUT2D eigenvalue weighted by molar-refractivity contribution is -0.139. The summed E-state index contributed by atoms with van der Waals surface area (Å²) in [5, 5.41) is 9.11. The predicted octanol–water partition coefficient (Wildman–Crippen LogP) is 3.16. The molecule has 0 aromatic carbocycles. The van der Waals surface area contributed by atoms with Crippen LogP contribution in [0.5, 0.6) is 0 Å². The van der Waals surface area contributed by atoms with Gasteiger partial charge in [-0.3, -0.25) is 4.79 Å². The molecular formula is C10H20O2S. The minimum Gasteiger partial charge on any atom is -0.480 e. The SMILES string of the molecule is CCCC(C)(SC(C)(C)C)C(=O)O. The van der Waals surface area contributed by atoms with Crippen LogP contribution in [-0.4, -0.2) is 20.6 Å². The summed E-state index contributed by atoms with van der Waals surface area (Å²) < 4.78 is -0.630. The van der Waals surface area contributed by atoms with E-state index in [1.807, 2.05) is 13.8 Å². The van der Waals surface area contributed by atoms with Gasteiger partial charge in [0, 0.05) is 4.75 Å². The van der Waals surface area contributed by atoms with Gasteiger partial charge < -0.3 is 5.11 Å². The van der Waals surface area contributed by atoms with Crippen molar-refractivity contribution in [3.8, 4) is 0 Å². The maximum Gasteiger partial charge on any atom is 0.319 e. The number of carboxylic acid groups (broad SMARTS) is 1. The Morgan fingerprint density at radius 3 is 2.00 bits per heavy atom. The molecule has 0 spiro atoms. The van der Waals surface area contributed by atoms with E-state index >= 15 is 0 Å². The van der Waals surface area contributed by atoms with E-state index in [1.54, 1.807) is 0 Å². The van der Waals surface area contributed by atoms with Gasteiger partial charge in [-0.1, -0.05) is 34.1 Å². The van der Waals surface area contributed by atoms with Gasteiger partial charge in [0.15, 0.2) is 0 Å². The van der Waals surface area contributed by atoms with Gasteiger partial charge in [0.2, 0.25) is 0 Å². The predicted molar refractivity (Wildman–Crippen MR) is 58.3 cm³/mol. The first-order valence-corrected chi connectivity index (χ1v) is 5.46. The summed E-state index contributed by atoms with van der Waals surface area (Å²) in [4.78, 5) is 11.1. The molecule has 0 saturated carbocycles. The van der Waals surface area contributed by atoms with Crippen molar-refractivity contribution in [3.05, 3.63) is 0 Å². The lowest BCUT2D eigenvalue weighted by Crippen LogP contribution is -2.35. The van der Waals surface area contributed by atoms with Crippen molar-refractivity contribution in [2.24, 2.45) is 0 Å². The molecule has 1 atom stereocenters. The van der Waals surface area contributed by atoms with Gasteiger partial charge in [-0.2, -0.15) is 0 Å². The van der Waals surface area contributed by atoms with Gasteiger partial charge in [0.25, 0.3) is 0 Å². The van der Waals surface area contributed by atoms with Crippen LogP contribution < -0.4 is 0 Å². The Hall–Kier alpha value is -0.180. The normalized spacial score (nSPS) is 16.7. The molecule has 0 amide bonds. The topological polar surface area (TPSA) is 37.3 Å². The maximum absolute atomic E-state index is 11.1. The van der Waals surface area contributed by atoms with Gasteiger partial charge in [-0.15, -0.1) is 11.8 Å². The molecule has 0 fully saturated rings. The summed E-state index contributed by atoms with van der Waals surface area (Å²) in [7, 11) is 0. The van der Waals surface area contributed by atoms with Crippen molar-refractivity contribution < 1.29 is 9.90 Å². The molecular weight excluding hydrogens is 184 g/mol. The maximum atomic E-state index is 11.1. The van der Waals surface area contributed by atoms with Crippen molar-refractivity contribution in [2.75, 3.05) is 0 Å². The zero-order valence-corrected chi connectivity index (χ0v) is 9.99. The van der Waals surface area contributed by atoms with Crippen LogP contribution in [0.1, 0.15) is 47.5 Å². The minimum atomic E-state index is -0.700. The summed E-state index contributed by atoms with van der Waals surface area (Å²) in [5.74, 6) is -0.700. The third-order valence-electron chi connectivity index (χ3n) is 1.71. The van der Waals surface area contributed by atoms with E-state index in [1.165, 1.54) is 11.8 Å². The van der Waals surface area contributed by atoms with Crippen LogP contribution in [0.3, 0.4) is 0 Å². The molecule has 0 aliphatic rings. The van der Waals surface area contributed by atoms with Gasteiger partial charge >= 0.3 is 5.97 Å². The lowest BCUT2D eigenvalue weighted by atomic mass is 10.1. The zero-order valence-electron chi connectivity index (χ0n) is 9.18. The number of carbonyl (C=O) groups is 1. The molecule has 3 heteroatoms. The summed E-state index contributed by atoms with van der Waals surface area (Å²) in [6, 6.07) is 0. The highest BCUT2D eigenvalue weighted by Gasteiger charge is 2.36. The van der Waals surface area contributed by atoms with E-state index in [2.05, 4.69) is 20.8 Å². The number of rotatable bonds is 4. The van der Waals surface area contributed by atoms with Crippen molar-refractivity contribution >= 4 is 17.7 Å². The molecule has 0 aliphatic heterocycles. The van der Waals surface area contributed by atoms with Crippen LogP contribution >= 0.6 is 11.8 Å². The molecule has 0 aliphatic carbocycles. The smallest absolute Gasteiger partial charge is 0.319 e. The molecule has 0 aromatic heterocycles. The van der Waals surface area contributed by atoms with E-state index in [-0.39, 0.29) is 4.75 Å². The van der Waals surface area contributed by atoms with Gasteiger partial charge in [-0.25, -0.2) is 0 Å². The molecule has 78 valence electrons. The Kier molecular flexibility index (Phi) is 4.30. The second kappa shape index (κ2) is 4.36. The Morgan fingerprint density at radius 1 is 1.31 bits per heavy atom. The molecule has 0 radical (unpaired) electrons. The van der Waals surface area contributed by atoms with E-state index in [4.69, 9.17) is 5.11 Å². The highest BCUT2D eigenvalue weighted by atomic mass is 32.2. The first-order valence-electron chi connectivity index (χ1n) is 4.65. The first-order chi connectivity index (χ1) is 5.71. The lowest BCUT2D eigenvalue weighted by Gasteiger charge is -2.31. The second-order valence-corrected chi connectivity index (χ2v) is 6.83. The van der Waals surface area contributed by atoms with Crippen molar-refractivity contribution in [3.63, 3.8) is 0 Å². The van der Waals surface area contributed by atoms with E-state index in [0.717, 1.165) is 12.8 Å². The fraction of sp³-hybridized carbons (Fsp3) is 0.900. The Balaban J connectivity index is 4.51. The van der Waals surface area contributed by atoms with Gasteiger partial charge in [0.1, 0.15) is 4.75 Å². The molecule has 0 heterocycles. The molecule has 2 nitrogen and oxygen atoms in total. The second-order valence-electron chi connectivity index (χ2n) is 4.50. The van der Waals surface area contributed by atoms with E-state index < -0.39 is 10.7 Å². The Labute approximate surface area is 85.1 Å². The molecule has 0 bridgehead atoms. The summed E-state index contributed by atoms with van der Waals surface area (Å²) in [5.41, 5.74) is 0. The molecule has 1 N–H and O–H groups in total. The fourth-order valence-corrected chi connectivity index (χ4v) is 3.10. The fourth-order valence-electron chi connectivity index (χ4n) is 1.35. The first kappa shape index (κ1) is 12.8. The standard InChI is InChI=1S/C10H20O2S/c1-6-7-10(5,8(11)12)13-9(2,3)4/h6-7H2,1-5H3,(H,11,12). The average molecular weight is 204 g/mol. The third-order valence-corrected chi connectivity index (χ3v) is 3.15. The summed E-state index contributed by atoms with van der Waals surface area (Å²) in [6.45, 7) is 9.98. The molecule has 0 rings (SSSR count). The number of hydrogen-bond donors (Lipinski definition) is 1. The molecule has 13 heavy (non-hydrogen) atoms. The third kappa shape index (κ3) is 4.55. The van der Waals surface area contributed by atoms with Crippen LogP contribution in [0, 0.1) is 0 Å². The highest BCUT2D eigenvalue weighted by molar-refractivity contribution is 8.02. The van der Waals surface area contributed by atoms with E-state index in [0.29, 0.717) is 0 Å². The molecule has 0 saturated heterocycles. The van der Waals surface area contributed by atoms with Crippen molar-refractivity contribution in [1.82, 2.24) is 0 Å². The summed E-state index contributed by atoms with van der Waals surface area (Å²) in [6.07, 6.45) is 1.64. The number of carboxylic acids is 1. The quantitative estimate of drug-likeness (QED) is 0.764. The molecule has 1 unspecified atom stereocenters. The minimum absolute atomic E-state index is 0.00229. The largest absolute Gasteiger partial charge is 0.480 e. The number of thioether (sulfide) groups is 1. The highest BCUT2D eigenvalue weighted by Crippen LogP contribution is 2.39. The molecule has 0 aromatic rings. The van der Waals surface area contributed by atoms with Crippen LogP contribution in [0.15, 0.2) is 0 Å². The van der Waals surface area contributed by atoms with Gasteiger partial charge in [-0.05, 0) is 13.3 Å². The van der Waals surface area contributed by atoms with Crippen LogP contribution in [0.25, 0.3) is 0 Å². The monoisotopic (exact) mass is 204 g/mol. The average Bonchev–Trinajstić information content (AvgIpc) is 1.82. The Morgan fingerprint density at radius 2 is 1.77 bits per heavy atom. The number of hydrogen-bond acceptors (Lipinski definition) is 2. The number of aliphatic carboxylic acids is 1.